The highest BCUT2D eigenvalue weighted by molar-refractivity contribution is 7.20. The van der Waals surface area contributed by atoms with Crippen molar-refractivity contribution in [2.45, 2.75) is 45.1 Å². The van der Waals surface area contributed by atoms with E-state index in [0.29, 0.717) is 22.1 Å². The summed E-state index contributed by atoms with van der Waals surface area (Å²) in [6, 6.07) is 4.46. The SMILES string of the molecule is CNC(=O)c1sc2ncnc(Nc3ccc(F)cc3OC3CCCCC3)c2c1C. The van der Waals surface area contributed by atoms with Crippen LogP contribution in [0.25, 0.3) is 10.2 Å². The smallest absolute Gasteiger partial charge is 0.261 e. The first-order valence-corrected chi connectivity index (χ1v) is 10.6. The molecule has 1 saturated carbocycles. The van der Waals surface area contributed by atoms with Crippen molar-refractivity contribution in [1.82, 2.24) is 15.3 Å². The maximum atomic E-state index is 13.9. The summed E-state index contributed by atoms with van der Waals surface area (Å²) in [7, 11) is 1.60. The number of ether oxygens (including phenoxy) is 1. The molecular weight excluding hydrogens is 391 g/mol. The second-order valence-corrected chi connectivity index (χ2v) is 8.18. The Morgan fingerprint density at radius 1 is 1.24 bits per heavy atom. The monoisotopic (exact) mass is 414 g/mol. The van der Waals surface area contributed by atoms with Crippen molar-refractivity contribution in [3.63, 3.8) is 0 Å². The third-order valence-corrected chi connectivity index (χ3v) is 6.40. The number of hydrogen-bond donors (Lipinski definition) is 2. The van der Waals surface area contributed by atoms with Crippen LogP contribution in [0, 0.1) is 12.7 Å². The molecule has 2 N–H and O–H groups in total. The maximum absolute atomic E-state index is 13.9. The van der Waals surface area contributed by atoms with E-state index >= 15 is 0 Å². The van der Waals surface area contributed by atoms with Crippen molar-refractivity contribution >= 4 is 39.0 Å². The summed E-state index contributed by atoms with van der Waals surface area (Å²) >= 11 is 1.32. The van der Waals surface area contributed by atoms with Crippen LogP contribution < -0.4 is 15.4 Å². The molecule has 2 aromatic heterocycles. The molecule has 1 aliphatic rings. The number of thiophene rings is 1. The number of aryl methyl sites for hydroxylation is 1. The topological polar surface area (TPSA) is 76.1 Å². The number of halogens is 1. The van der Waals surface area contributed by atoms with Crippen LogP contribution in [0.2, 0.25) is 0 Å². The largest absolute Gasteiger partial charge is 0.488 e. The predicted octanol–water partition coefficient (Wildman–Crippen LogP) is 4.95. The molecule has 3 aromatic rings. The van der Waals surface area contributed by atoms with Gasteiger partial charge in [0.15, 0.2) is 0 Å². The van der Waals surface area contributed by atoms with E-state index in [1.54, 1.807) is 13.1 Å². The summed E-state index contributed by atoms with van der Waals surface area (Å²) < 4.78 is 20.0. The van der Waals surface area contributed by atoms with E-state index in [2.05, 4.69) is 20.6 Å². The lowest BCUT2D eigenvalue weighted by Crippen LogP contribution is -2.20. The second kappa shape index (κ2) is 8.32. The highest BCUT2D eigenvalue weighted by Gasteiger charge is 2.21. The quantitative estimate of drug-likeness (QED) is 0.618. The first kappa shape index (κ1) is 19.6. The minimum atomic E-state index is -0.345. The molecule has 0 bridgehead atoms. The van der Waals surface area contributed by atoms with Crippen LogP contribution in [0.3, 0.4) is 0 Å². The van der Waals surface area contributed by atoms with Crippen LogP contribution in [0.5, 0.6) is 5.75 Å². The molecule has 1 amide bonds. The van der Waals surface area contributed by atoms with Gasteiger partial charge in [-0.25, -0.2) is 14.4 Å². The van der Waals surface area contributed by atoms with E-state index in [1.807, 2.05) is 6.92 Å². The molecule has 1 fully saturated rings. The average Bonchev–Trinajstić information content (AvgIpc) is 3.08. The van der Waals surface area contributed by atoms with Crippen LogP contribution in [0.1, 0.15) is 47.3 Å². The summed E-state index contributed by atoms with van der Waals surface area (Å²) in [6.45, 7) is 1.88. The highest BCUT2D eigenvalue weighted by atomic mass is 32.1. The number of amides is 1. The van der Waals surface area contributed by atoms with Gasteiger partial charge in [-0.05, 0) is 50.3 Å². The number of carbonyl (C=O) groups is 1. The van der Waals surface area contributed by atoms with Gasteiger partial charge in [-0.2, -0.15) is 0 Å². The zero-order chi connectivity index (χ0) is 20.4. The molecular formula is C21H23FN4O2S. The standard InChI is InChI=1S/C21H23FN4O2S/c1-12-17-19(24-11-25-21(17)29-18(12)20(27)23-2)26-15-9-8-13(22)10-16(15)28-14-6-4-3-5-7-14/h8-11,14H,3-7H2,1-2H3,(H,23,27)(H,24,25,26). The molecule has 29 heavy (non-hydrogen) atoms. The molecule has 0 radical (unpaired) electrons. The zero-order valence-corrected chi connectivity index (χ0v) is 17.2. The number of rotatable bonds is 5. The van der Waals surface area contributed by atoms with Gasteiger partial charge in [-0.15, -0.1) is 11.3 Å². The van der Waals surface area contributed by atoms with E-state index in [1.165, 1.54) is 36.2 Å². The molecule has 0 saturated heterocycles. The summed E-state index contributed by atoms with van der Waals surface area (Å²) in [6.07, 6.45) is 6.99. The Morgan fingerprint density at radius 2 is 2.03 bits per heavy atom. The maximum Gasteiger partial charge on any atom is 0.261 e. The summed E-state index contributed by atoms with van der Waals surface area (Å²) in [5, 5.41) is 6.71. The fourth-order valence-corrected chi connectivity index (χ4v) is 4.78. The Kier molecular flexibility index (Phi) is 5.62. The van der Waals surface area contributed by atoms with Crippen LogP contribution in [-0.2, 0) is 0 Å². The van der Waals surface area contributed by atoms with E-state index in [-0.39, 0.29) is 17.8 Å². The van der Waals surface area contributed by atoms with Crippen molar-refractivity contribution in [1.29, 1.82) is 0 Å². The Hall–Kier alpha value is -2.74. The third-order valence-electron chi connectivity index (χ3n) is 5.20. The first-order chi connectivity index (χ1) is 14.1. The fraction of sp³-hybridized carbons (Fsp3) is 0.381. The third kappa shape index (κ3) is 4.03. The number of nitrogens with one attached hydrogen (secondary N) is 2. The molecule has 6 nitrogen and oxygen atoms in total. The number of carbonyl (C=O) groups excluding carboxylic acids is 1. The van der Waals surface area contributed by atoms with Crippen LogP contribution in [0.15, 0.2) is 24.5 Å². The molecule has 152 valence electrons. The Balaban J connectivity index is 1.70. The lowest BCUT2D eigenvalue weighted by molar-refractivity contribution is 0.0966. The molecule has 8 heteroatoms. The van der Waals surface area contributed by atoms with Crippen LogP contribution >= 0.6 is 11.3 Å². The number of anilines is 2. The lowest BCUT2D eigenvalue weighted by atomic mass is 9.98. The Bertz CT molecular complexity index is 1050. The molecule has 2 heterocycles. The Labute approximate surface area is 172 Å². The first-order valence-electron chi connectivity index (χ1n) is 9.76. The van der Waals surface area contributed by atoms with Crippen molar-refractivity contribution in [3.05, 3.63) is 40.8 Å². The summed E-state index contributed by atoms with van der Waals surface area (Å²) in [5.74, 6) is 0.546. The van der Waals surface area contributed by atoms with Gasteiger partial charge in [-0.3, -0.25) is 4.79 Å². The number of nitrogens with zero attached hydrogens (tertiary/aromatic N) is 2. The van der Waals surface area contributed by atoms with Gasteiger partial charge in [0.05, 0.1) is 22.1 Å². The lowest BCUT2D eigenvalue weighted by Gasteiger charge is -2.24. The van der Waals surface area contributed by atoms with Crippen molar-refractivity contribution in [2.75, 3.05) is 12.4 Å². The summed E-state index contributed by atoms with van der Waals surface area (Å²) in [5.41, 5.74) is 1.45. The van der Waals surface area contributed by atoms with Gasteiger partial charge in [0, 0.05) is 13.1 Å². The number of aromatic nitrogens is 2. The number of fused-ring (bicyclic) bond motifs is 1. The molecule has 1 aliphatic carbocycles. The van der Waals surface area contributed by atoms with Crippen molar-refractivity contribution in [2.24, 2.45) is 0 Å². The van der Waals surface area contributed by atoms with Gasteiger partial charge in [0.25, 0.3) is 5.91 Å². The van der Waals surface area contributed by atoms with Crippen LogP contribution in [0.4, 0.5) is 15.9 Å². The fourth-order valence-electron chi connectivity index (χ4n) is 3.68. The van der Waals surface area contributed by atoms with E-state index in [9.17, 15) is 9.18 Å². The molecule has 0 atom stereocenters. The zero-order valence-electron chi connectivity index (χ0n) is 16.4. The van der Waals surface area contributed by atoms with Crippen molar-refractivity contribution < 1.29 is 13.9 Å². The second-order valence-electron chi connectivity index (χ2n) is 7.18. The summed E-state index contributed by atoms with van der Waals surface area (Å²) in [4.78, 5) is 22.2. The van der Waals surface area contributed by atoms with E-state index in [4.69, 9.17) is 4.74 Å². The number of hydrogen-bond acceptors (Lipinski definition) is 6. The normalized spacial score (nSPS) is 14.7. The minimum absolute atomic E-state index is 0.0965. The molecule has 1 aromatic carbocycles. The van der Waals surface area contributed by atoms with Gasteiger partial charge in [0.1, 0.15) is 28.5 Å². The van der Waals surface area contributed by atoms with E-state index < -0.39 is 0 Å². The minimum Gasteiger partial charge on any atom is -0.488 e. The Morgan fingerprint density at radius 3 is 2.79 bits per heavy atom. The molecule has 0 aliphatic heterocycles. The molecule has 4 rings (SSSR count). The van der Waals surface area contributed by atoms with Crippen LogP contribution in [-0.4, -0.2) is 29.0 Å². The average molecular weight is 415 g/mol. The highest BCUT2D eigenvalue weighted by Crippen LogP contribution is 2.37. The van der Waals surface area contributed by atoms with Gasteiger partial charge >= 0.3 is 0 Å². The van der Waals surface area contributed by atoms with Crippen molar-refractivity contribution in [3.8, 4) is 5.75 Å². The molecule has 0 spiro atoms. The van der Waals surface area contributed by atoms with E-state index in [0.717, 1.165) is 41.5 Å². The number of benzene rings is 1. The van der Waals surface area contributed by atoms with Gasteiger partial charge in [0.2, 0.25) is 0 Å². The van der Waals surface area contributed by atoms with Gasteiger partial charge < -0.3 is 15.4 Å². The molecule has 0 unspecified atom stereocenters. The predicted molar refractivity (Wildman–Crippen MR) is 113 cm³/mol. The van der Waals surface area contributed by atoms with Gasteiger partial charge in [-0.1, -0.05) is 6.42 Å².